The quantitative estimate of drug-likeness (QED) is 0.306. The summed E-state index contributed by atoms with van der Waals surface area (Å²) in [5.74, 6) is 0. The van der Waals surface area contributed by atoms with Gasteiger partial charge in [-0.2, -0.15) is 5.26 Å². The molecule has 1 aromatic heterocycles. The van der Waals surface area contributed by atoms with Crippen LogP contribution < -0.4 is 15.1 Å². The predicted molar refractivity (Wildman–Crippen MR) is 52.3 cm³/mol. The number of rotatable bonds is 3. The largest absolute Gasteiger partial charge is 0.843 e. The maximum absolute atomic E-state index is 11.7. The lowest BCUT2D eigenvalue weighted by Crippen LogP contribution is -2.52. The Hall–Kier alpha value is -1.31. The van der Waals surface area contributed by atoms with Crippen molar-refractivity contribution in [3.8, 4) is 6.19 Å². The summed E-state index contributed by atoms with van der Waals surface area (Å²) in [6.07, 6.45) is -2.87. The molecule has 4 atom stereocenters. The Morgan fingerprint density at radius 3 is 3.12 bits per heavy atom. The number of aliphatic hydroxyl groups is 2. The zero-order valence-corrected chi connectivity index (χ0v) is 9.37. The van der Waals surface area contributed by atoms with Gasteiger partial charge in [-0.1, -0.05) is 4.68 Å². The minimum atomic E-state index is -1.42. The SMILES string of the molecule is N#CNc1n[n+](C2OC(CO)C(O)C2[O-])cs1. The van der Waals surface area contributed by atoms with E-state index in [1.165, 1.54) is 10.2 Å². The normalized spacial score (nSPS) is 32.4. The molecule has 0 spiro atoms. The van der Waals surface area contributed by atoms with Crippen molar-refractivity contribution in [1.29, 1.82) is 5.26 Å². The van der Waals surface area contributed by atoms with Gasteiger partial charge >= 0.3 is 0 Å². The molecule has 3 N–H and O–H groups in total. The Labute approximate surface area is 100 Å². The summed E-state index contributed by atoms with van der Waals surface area (Å²) in [5, 5.41) is 45.1. The van der Waals surface area contributed by atoms with Crippen LogP contribution in [0.5, 0.6) is 0 Å². The van der Waals surface area contributed by atoms with E-state index in [2.05, 4.69) is 10.4 Å². The molecule has 17 heavy (non-hydrogen) atoms. The molecule has 1 fully saturated rings. The molecule has 1 saturated heterocycles. The van der Waals surface area contributed by atoms with Crippen molar-refractivity contribution < 1.29 is 24.7 Å². The third kappa shape index (κ3) is 2.21. The number of nitriles is 1. The van der Waals surface area contributed by atoms with Gasteiger partial charge in [-0.15, -0.1) is 0 Å². The first-order valence-corrected chi connectivity index (χ1v) is 5.67. The minimum absolute atomic E-state index is 0.324. The Kier molecular flexibility index (Phi) is 3.51. The van der Waals surface area contributed by atoms with Gasteiger partial charge in [0.05, 0.1) is 12.7 Å². The van der Waals surface area contributed by atoms with Gasteiger partial charge in [-0.05, 0) is 17.4 Å². The van der Waals surface area contributed by atoms with E-state index < -0.39 is 31.1 Å². The number of nitrogens with one attached hydrogen (secondary N) is 1. The van der Waals surface area contributed by atoms with Gasteiger partial charge in [0.15, 0.2) is 6.19 Å². The number of ether oxygens (including phenoxy) is 1. The predicted octanol–water partition coefficient (Wildman–Crippen LogP) is -2.70. The smallest absolute Gasteiger partial charge is 0.279 e. The number of hydrogen-bond donors (Lipinski definition) is 3. The lowest BCUT2D eigenvalue weighted by atomic mass is 10.1. The van der Waals surface area contributed by atoms with Crippen LogP contribution in [-0.2, 0) is 4.74 Å². The average Bonchev–Trinajstić information content (AvgIpc) is 2.87. The fraction of sp³-hybridized carbons (Fsp3) is 0.625. The number of aromatic nitrogens is 2. The fourth-order valence-electron chi connectivity index (χ4n) is 1.56. The lowest BCUT2D eigenvalue weighted by Gasteiger charge is -2.19. The molecule has 92 valence electrons. The topological polar surface area (TPSA) is 125 Å². The van der Waals surface area contributed by atoms with Crippen LogP contribution in [0.4, 0.5) is 5.13 Å². The van der Waals surface area contributed by atoms with Crippen molar-refractivity contribution in [2.24, 2.45) is 0 Å². The monoisotopic (exact) mass is 258 g/mol. The fourth-order valence-corrected chi connectivity index (χ4v) is 2.18. The van der Waals surface area contributed by atoms with E-state index in [0.717, 1.165) is 11.3 Å². The average molecular weight is 258 g/mol. The van der Waals surface area contributed by atoms with Crippen molar-refractivity contribution in [2.45, 2.75) is 24.5 Å². The Bertz CT molecular complexity index is 433. The van der Waals surface area contributed by atoms with Crippen molar-refractivity contribution in [3.63, 3.8) is 0 Å². The van der Waals surface area contributed by atoms with Crippen LogP contribution in [0.25, 0.3) is 0 Å². The van der Waals surface area contributed by atoms with Gasteiger partial charge in [0, 0.05) is 5.10 Å². The molecule has 2 heterocycles. The molecule has 9 heteroatoms. The number of hydrogen-bond acceptors (Lipinski definition) is 8. The zero-order valence-electron chi connectivity index (χ0n) is 8.55. The third-order valence-corrected chi connectivity index (χ3v) is 3.12. The maximum Gasteiger partial charge on any atom is 0.279 e. The van der Waals surface area contributed by atoms with Crippen LogP contribution in [0.3, 0.4) is 0 Å². The van der Waals surface area contributed by atoms with Crippen molar-refractivity contribution in [2.75, 3.05) is 11.9 Å². The zero-order chi connectivity index (χ0) is 12.4. The van der Waals surface area contributed by atoms with Gasteiger partial charge in [-0.3, -0.25) is 5.32 Å². The first-order chi connectivity index (χ1) is 8.17. The molecule has 1 aliphatic heterocycles. The molecule has 1 aliphatic rings. The molecule has 0 radical (unpaired) electrons. The molecule has 0 aromatic carbocycles. The number of aliphatic hydroxyl groups excluding tert-OH is 2. The summed E-state index contributed by atoms with van der Waals surface area (Å²) in [6, 6.07) is 0. The van der Waals surface area contributed by atoms with Gasteiger partial charge in [0.1, 0.15) is 6.10 Å². The maximum atomic E-state index is 11.7. The van der Waals surface area contributed by atoms with Crippen molar-refractivity contribution in [1.82, 2.24) is 5.10 Å². The second-order valence-electron chi connectivity index (χ2n) is 3.45. The van der Waals surface area contributed by atoms with Crippen LogP contribution in [-0.4, -0.2) is 40.2 Å². The molecular formula is C8H10N4O4S. The van der Waals surface area contributed by atoms with Crippen molar-refractivity contribution >= 4 is 16.5 Å². The molecule has 0 amide bonds. The summed E-state index contributed by atoms with van der Waals surface area (Å²) >= 11 is 1.13. The summed E-state index contributed by atoms with van der Waals surface area (Å²) in [6.45, 7) is -0.426. The van der Waals surface area contributed by atoms with E-state index in [1.54, 1.807) is 6.19 Å². The van der Waals surface area contributed by atoms with Crippen LogP contribution in [0.1, 0.15) is 6.23 Å². The minimum Gasteiger partial charge on any atom is -0.843 e. The molecule has 1 aromatic rings. The second-order valence-corrected chi connectivity index (χ2v) is 4.28. The van der Waals surface area contributed by atoms with Gasteiger partial charge in [0.25, 0.3) is 16.9 Å². The van der Waals surface area contributed by atoms with E-state index in [1.807, 2.05) is 0 Å². The third-order valence-electron chi connectivity index (χ3n) is 2.39. The first-order valence-electron chi connectivity index (χ1n) is 4.79. The highest BCUT2D eigenvalue weighted by Crippen LogP contribution is 2.23. The van der Waals surface area contributed by atoms with Crippen LogP contribution in [0, 0.1) is 11.5 Å². The van der Waals surface area contributed by atoms with E-state index in [4.69, 9.17) is 15.1 Å². The molecule has 4 unspecified atom stereocenters. The number of nitrogens with zero attached hydrogens (tertiary/aromatic N) is 3. The Morgan fingerprint density at radius 2 is 2.53 bits per heavy atom. The highest BCUT2D eigenvalue weighted by molar-refractivity contribution is 7.13. The summed E-state index contributed by atoms with van der Waals surface area (Å²) in [4.78, 5) is 0. The molecule has 0 saturated carbocycles. The van der Waals surface area contributed by atoms with E-state index in [9.17, 15) is 10.2 Å². The molecule has 2 rings (SSSR count). The standard InChI is InChI=1S/C8H10N4O4S/c9-2-10-8-11-12(3-17-8)7-6(15)5(14)4(1-13)16-7/h3-7,13-14H,1H2,(H,10,11). The van der Waals surface area contributed by atoms with E-state index in [0.29, 0.717) is 5.13 Å². The molecule has 0 bridgehead atoms. The van der Waals surface area contributed by atoms with Crippen LogP contribution in [0.2, 0.25) is 0 Å². The van der Waals surface area contributed by atoms with Gasteiger partial charge in [0.2, 0.25) is 0 Å². The summed E-state index contributed by atoms with van der Waals surface area (Å²) < 4.78 is 6.43. The molecule has 0 aliphatic carbocycles. The van der Waals surface area contributed by atoms with Crippen molar-refractivity contribution in [3.05, 3.63) is 5.51 Å². The van der Waals surface area contributed by atoms with Crippen LogP contribution >= 0.6 is 11.3 Å². The lowest BCUT2D eigenvalue weighted by molar-refractivity contribution is -0.822. The van der Waals surface area contributed by atoms with E-state index in [-0.39, 0.29) is 0 Å². The Morgan fingerprint density at radius 1 is 1.76 bits per heavy atom. The Balaban J connectivity index is 2.14. The van der Waals surface area contributed by atoms with Gasteiger partial charge < -0.3 is 20.1 Å². The summed E-state index contributed by atoms with van der Waals surface area (Å²) in [5.41, 5.74) is 1.50. The second kappa shape index (κ2) is 4.91. The number of anilines is 1. The van der Waals surface area contributed by atoms with Gasteiger partial charge in [-0.25, -0.2) is 0 Å². The van der Waals surface area contributed by atoms with E-state index >= 15 is 0 Å². The molecular weight excluding hydrogens is 248 g/mol. The first kappa shape index (κ1) is 12.2. The summed E-state index contributed by atoms with van der Waals surface area (Å²) in [7, 11) is 0. The highest BCUT2D eigenvalue weighted by Gasteiger charge is 2.43. The highest BCUT2D eigenvalue weighted by atomic mass is 32.1. The van der Waals surface area contributed by atoms with Crippen LogP contribution in [0.15, 0.2) is 5.51 Å². The molecule has 8 nitrogen and oxygen atoms in total.